The molecule has 1 aromatic carbocycles. The Labute approximate surface area is 148 Å². The largest absolute Gasteiger partial charge is 0.478 e. The van der Waals surface area contributed by atoms with Crippen molar-refractivity contribution in [3.05, 3.63) is 58.3 Å². The number of hydrogen-bond donors (Lipinski definition) is 3. The normalized spacial score (nSPS) is 15.2. The van der Waals surface area contributed by atoms with Gasteiger partial charge in [-0.2, -0.15) is 0 Å². The maximum Gasteiger partial charge on any atom is 0.334 e. The minimum absolute atomic E-state index is 0.00754. The molecule has 2 aromatic rings. The molecule has 0 spiro atoms. The van der Waals surface area contributed by atoms with E-state index in [4.69, 9.17) is 4.42 Å². The standard InChI is InChI=1S/C18H17N3O5/c1-8-13(17(22)23)15(14(18(24)25)9(2)19-8)11-5-4-6-12(7-11)16-21-20-10(3)26-16/h4-7,15,19H,1-3H3,(H,22,23)(H,24,25). The third kappa shape index (κ3) is 2.97. The number of benzene rings is 1. The van der Waals surface area contributed by atoms with Crippen LogP contribution in [0.3, 0.4) is 0 Å². The SMILES string of the molecule is CC1=C(C(=O)O)C(c2cccc(-c3nnc(C)o3)c2)C(C(=O)O)=C(C)N1. The van der Waals surface area contributed by atoms with Crippen LogP contribution in [0.5, 0.6) is 0 Å². The van der Waals surface area contributed by atoms with Crippen LogP contribution in [0.2, 0.25) is 0 Å². The summed E-state index contributed by atoms with van der Waals surface area (Å²) in [4.78, 5) is 23.7. The van der Waals surface area contributed by atoms with E-state index in [-0.39, 0.29) is 17.0 Å². The molecule has 26 heavy (non-hydrogen) atoms. The fraction of sp³-hybridized carbons (Fsp3) is 0.222. The molecule has 8 heteroatoms. The van der Waals surface area contributed by atoms with E-state index < -0.39 is 17.9 Å². The van der Waals surface area contributed by atoms with Gasteiger partial charge in [0.2, 0.25) is 11.8 Å². The second-order valence-electron chi connectivity index (χ2n) is 6.00. The lowest BCUT2D eigenvalue weighted by Crippen LogP contribution is -2.31. The van der Waals surface area contributed by atoms with E-state index in [1.54, 1.807) is 45.0 Å². The first kappa shape index (κ1) is 17.4. The number of nitrogens with zero attached hydrogens (tertiary/aromatic N) is 2. The summed E-state index contributed by atoms with van der Waals surface area (Å²) in [5.41, 5.74) is 1.91. The average Bonchev–Trinajstić information content (AvgIpc) is 3.00. The van der Waals surface area contributed by atoms with Gasteiger partial charge >= 0.3 is 11.9 Å². The van der Waals surface area contributed by atoms with Crippen molar-refractivity contribution in [2.24, 2.45) is 0 Å². The number of aromatic nitrogens is 2. The number of carbonyl (C=O) groups is 2. The molecule has 2 heterocycles. The molecule has 8 nitrogen and oxygen atoms in total. The summed E-state index contributed by atoms with van der Waals surface area (Å²) in [6.45, 7) is 4.89. The quantitative estimate of drug-likeness (QED) is 0.763. The first-order chi connectivity index (χ1) is 12.3. The lowest BCUT2D eigenvalue weighted by Gasteiger charge is -2.28. The van der Waals surface area contributed by atoms with Crippen LogP contribution in [0.4, 0.5) is 0 Å². The molecular weight excluding hydrogens is 338 g/mol. The number of hydrogen-bond acceptors (Lipinski definition) is 6. The summed E-state index contributed by atoms with van der Waals surface area (Å²) in [5, 5.41) is 29.9. The minimum atomic E-state index is -1.18. The van der Waals surface area contributed by atoms with Crippen molar-refractivity contribution >= 4 is 11.9 Å². The maximum absolute atomic E-state index is 11.8. The van der Waals surface area contributed by atoms with E-state index >= 15 is 0 Å². The number of carboxylic acid groups (broad SMARTS) is 2. The van der Waals surface area contributed by atoms with Crippen LogP contribution in [0, 0.1) is 6.92 Å². The molecule has 1 aliphatic rings. The van der Waals surface area contributed by atoms with Crippen LogP contribution in [-0.2, 0) is 9.59 Å². The number of aryl methyl sites for hydroxylation is 1. The fourth-order valence-corrected chi connectivity index (χ4v) is 3.16. The molecule has 0 atom stereocenters. The third-order valence-electron chi connectivity index (χ3n) is 4.21. The van der Waals surface area contributed by atoms with E-state index in [1.807, 2.05) is 0 Å². The number of nitrogens with one attached hydrogen (secondary N) is 1. The molecule has 0 radical (unpaired) electrons. The molecule has 0 amide bonds. The summed E-state index contributed by atoms with van der Waals surface area (Å²) in [6.07, 6.45) is 0. The zero-order valence-corrected chi connectivity index (χ0v) is 14.4. The Bertz CT molecular complexity index is 935. The van der Waals surface area contributed by atoms with Crippen LogP contribution >= 0.6 is 0 Å². The molecule has 134 valence electrons. The van der Waals surface area contributed by atoms with Crippen LogP contribution < -0.4 is 5.32 Å². The van der Waals surface area contributed by atoms with Crippen molar-refractivity contribution in [3.8, 4) is 11.5 Å². The van der Waals surface area contributed by atoms with Gasteiger partial charge in [0.05, 0.1) is 17.1 Å². The number of allylic oxidation sites excluding steroid dienone is 2. The highest BCUT2D eigenvalue weighted by Gasteiger charge is 2.36. The Balaban J connectivity index is 2.19. The molecule has 1 aromatic heterocycles. The predicted molar refractivity (Wildman–Crippen MR) is 91.0 cm³/mol. The summed E-state index contributed by atoms with van der Waals surface area (Å²) in [6, 6.07) is 6.81. The number of aliphatic carboxylic acids is 2. The lowest BCUT2D eigenvalue weighted by molar-refractivity contribution is -0.133. The van der Waals surface area contributed by atoms with Gasteiger partial charge in [0.1, 0.15) is 0 Å². The number of dihydropyridines is 1. The van der Waals surface area contributed by atoms with Gasteiger partial charge in [-0.1, -0.05) is 12.1 Å². The van der Waals surface area contributed by atoms with Gasteiger partial charge in [-0.15, -0.1) is 10.2 Å². The van der Waals surface area contributed by atoms with E-state index in [2.05, 4.69) is 15.5 Å². The smallest absolute Gasteiger partial charge is 0.334 e. The second-order valence-corrected chi connectivity index (χ2v) is 6.00. The highest BCUT2D eigenvalue weighted by Crippen LogP contribution is 2.39. The fourth-order valence-electron chi connectivity index (χ4n) is 3.16. The van der Waals surface area contributed by atoms with Crippen LogP contribution in [0.25, 0.3) is 11.5 Å². The molecule has 0 fully saturated rings. The van der Waals surface area contributed by atoms with Gasteiger partial charge in [-0.25, -0.2) is 9.59 Å². The minimum Gasteiger partial charge on any atom is -0.478 e. The molecule has 1 aliphatic heterocycles. The Morgan fingerprint density at radius 1 is 1.04 bits per heavy atom. The monoisotopic (exact) mass is 355 g/mol. The summed E-state index contributed by atoms with van der Waals surface area (Å²) < 4.78 is 5.41. The second kappa shape index (κ2) is 6.47. The summed E-state index contributed by atoms with van der Waals surface area (Å²) >= 11 is 0. The Hall–Kier alpha value is -3.42. The molecule has 3 rings (SSSR count). The summed E-state index contributed by atoms with van der Waals surface area (Å²) in [5.74, 6) is -2.59. The highest BCUT2D eigenvalue weighted by atomic mass is 16.4. The van der Waals surface area contributed by atoms with Crippen molar-refractivity contribution in [1.82, 2.24) is 15.5 Å². The first-order valence-corrected chi connectivity index (χ1v) is 7.85. The Kier molecular flexibility index (Phi) is 4.33. The van der Waals surface area contributed by atoms with E-state index in [0.717, 1.165) is 0 Å². The van der Waals surface area contributed by atoms with Gasteiger partial charge in [-0.3, -0.25) is 0 Å². The van der Waals surface area contributed by atoms with Crippen molar-refractivity contribution in [2.45, 2.75) is 26.7 Å². The van der Waals surface area contributed by atoms with Crippen LogP contribution in [0.1, 0.15) is 31.2 Å². The van der Waals surface area contributed by atoms with Crippen molar-refractivity contribution in [1.29, 1.82) is 0 Å². The van der Waals surface area contributed by atoms with Crippen molar-refractivity contribution in [2.75, 3.05) is 0 Å². The maximum atomic E-state index is 11.8. The zero-order valence-electron chi connectivity index (χ0n) is 14.4. The van der Waals surface area contributed by atoms with Gasteiger partial charge in [0.15, 0.2) is 0 Å². The molecule has 0 saturated carbocycles. The number of rotatable bonds is 4. The Morgan fingerprint density at radius 2 is 1.65 bits per heavy atom. The van der Waals surface area contributed by atoms with Gasteiger partial charge < -0.3 is 19.9 Å². The van der Waals surface area contributed by atoms with Gasteiger partial charge in [-0.05, 0) is 31.5 Å². The Morgan fingerprint density at radius 3 is 2.15 bits per heavy atom. The topological polar surface area (TPSA) is 126 Å². The molecule has 0 saturated heterocycles. The van der Waals surface area contributed by atoms with E-state index in [1.165, 1.54) is 0 Å². The van der Waals surface area contributed by atoms with Gasteiger partial charge in [0, 0.05) is 23.9 Å². The van der Waals surface area contributed by atoms with Crippen LogP contribution in [-0.4, -0.2) is 32.3 Å². The van der Waals surface area contributed by atoms with E-state index in [0.29, 0.717) is 28.4 Å². The third-order valence-corrected chi connectivity index (χ3v) is 4.21. The van der Waals surface area contributed by atoms with E-state index in [9.17, 15) is 19.8 Å². The zero-order chi connectivity index (χ0) is 19.0. The van der Waals surface area contributed by atoms with Crippen molar-refractivity contribution < 1.29 is 24.2 Å². The first-order valence-electron chi connectivity index (χ1n) is 7.85. The summed E-state index contributed by atoms with van der Waals surface area (Å²) in [7, 11) is 0. The predicted octanol–water partition coefficient (Wildman–Crippen LogP) is 2.45. The average molecular weight is 355 g/mol. The number of carboxylic acids is 2. The molecular formula is C18H17N3O5. The molecule has 0 bridgehead atoms. The van der Waals surface area contributed by atoms with Gasteiger partial charge in [0.25, 0.3) is 0 Å². The van der Waals surface area contributed by atoms with Crippen LogP contribution in [0.15, 0.2) is 51.2 Å². The lowest BCUT2D eigenvalue weighted by atomic mass is 9.80. The molecule has 0 aliphatic carbocycles. The molecule has 3 N–H and O–H groups in total. The molecule has 0 unspecified atom stereocenters. The van der Waals surface area contributed by atoms with Crippen molar-refractivity contribution in [3.63, 3.8) is 0 Å². The highest BCUT2D eigenvalue weighted by molar-refractivity contribution is 5.98.